The molecule has 34 heavy (non-hydrogen) atoms. The molecule has 1 aliphatic rings. The smallest absolute Gasteiger partial charge is 0.411 e. The number of pyridine rings is 2. The Labute approximate surface area is 196 Å². The Bertz CT molecular complexity index is 1360. The molecular formula is C25H24N6O3. The van der Waals surface area contributed by atoms with E-state index in [2.05, 4.69) is 25.5 Å². The van der Waals surface area contributed by atoms with Crippen LogP contribution in [0.4, 0.5) is 10.5 Å². The molecule has 0 bridgehead atoms. The average molecular weight is 457 g/mol. The molecule has 3 heterocycles. The Morgan fingerprint density at radius 1 is 1.15 bits per heavy atom. The number of amides is 2. The zero-order valence-corrected chi connectivity index (χ0v) is 18.9. The van der Waals surface area contributed by atoms with Crippen molar-refractivity contribution in [2.75, 3.05) is 12.4 Å². The lowest BCUT2D eigenvalue weighted by Crippen LogP contribution is -2.23. The van der Waals surface area contributed by atoms with Crippen LogP contribution in [0.15, 0.2) is 54.7 Å². The lowest BCUT2D eigenvalue weighted by atomic mass is 10.1. The molecule has 9 nitrogen and oxygen atoms in total. The molecule has 2 N–H and O–H groups in total. The van der Waals surface area contributed by atoms with Crippen LogP contribution >= 0.6 is 0 Å². The highest BCUT2D eigenvalue weighted by molar-refractivity contribution is 6.06. The maximum absolute atomic E-state index is 13.3. The van der Waals surface area contributed by atoms with Gasteiger partial charge in [-0.05, 0) is 55.7 Å². The number of hydrogen-bond donors (Lipinski definition) is 2. The average Bonchev–Trinajstić information content (AvgIpc) is 3.67. The van der Waals surface area contributed by atoms with E-state index in [9.17, 15) is 9.59 Å². The van der Waals surface area contributed by atoms with Crippen LogP contribution in [0.25, 0.3) is 16.9 Å². The summed E-state index contributed by atoms with van der Waals surface area (Å²) in [4.78, 5) is 33.9. The fourth-order valence-electron chi connectivity index (χ4n) is 3.87. The van der Waals surface area contributed by atoms with Gasteiger partial charge in [-0.1, -0.05) is 18.2 Å². The van der Waals surface area contributed by atoms with Crippen molar-refractivity contribution in [1.29, 1.82) is 0 Å². The first kappa shape index (κ1) is 21.6. The highest BCUT2D eigenvalue weighted by Gasteiger charge is 2.29. The SMILES string of the molecule is COC(=O)Nc1ccc(CNC(=O)c2cc(C3CC3)nc3c2c(C)nn3-c2ccccn2)cc1. The number of rotatable bonds is 6. The van der Waals surface area contributed by atoms with Gasteiger partial charge in [0.1, 0.15) is 0 Å². The Balaban J connectivity index is 1.43. The first-order valence-electron chi connectivity index (χ1n) is 11.1. The zero-order chi connectivity index (χ0) is 23.7. The second-order valence-corrected chi connectivity index (χ2v) is 8.25. The number of nitrogens with one attached hydrogen (secondary N) is 2. The number of anilines is 1. The summed E-state index contributed by atoms with van der Waals surface area (Å²) in [5.74, 6) is 0.848. The van der Waals surface area contributed by atoms with Crippen molar-refractivity contribution in [2.24, 2.45) is 0 Å². The van der Waals surface area contributed by atoms with Gasteiger partial charge in [0.2, 0.25) is 0 Å². The molecule has 0 saturated heterocycles. The van der Waals surface area contributed by atoms with E-state index in [4.69, 9.17) is 4.98 Å². The molecule has 3 aromatic heterocycles. The van der Waals surface area contributed by atoms with Crippen LogP contribution in [0.5, 0.6) is 0 Å². The topological polar surface area (TPSA) is 111 Å². The van der Waals surface area contributed by atoms with Crippen LogP contribution in [0.1, 0.15) is 46.1 Å². The fourth-order valence-corrected chi connectivity index (χ4v) is 3.87. The molecule has 0 aliphatic heterocycles. The van der Waals surface area contributed by atoms with E-state index in [1.54, 1.807) is 23.0 Å². The summed E-state index contributed by atoms with van der Waals surface area (Å²) in [6, 6.07) is 14.7. The number of aryl methyl sites for hydroxylation is 1. The van der Waals surface area contributed by atoms with Gasteiger partial charge >= 0.3 is 6.09 Å². The molecule has 5 rings (SSSR count). The second-order valence-electron chi connectivity index (χ2n) is 8.25. The van der Waals surface area contributed by atoms with Gasteiger partial charge in [-0.2, -0.15) is 9.78 Å². The number of benzene rings is 1. The van der Waals surface area contributed by atoms with Gasteiger partial charge in [-0.3, -0.25) is 10.1 Å². The summed E-state index contributed by atoms with van der Waals surface area (Å²) >= 11 is 0. The van der Waals surface area contributed by atoms with Crippen molar-refractivity contribution < 1.29 is 14.3 Å². The Morgan fingerprint density at radius 3 is 2.62 bits per heavy atom. The molecule has 9 heteroatoms. The minimum Gasteiger partial charge on any atom is -0.453 e. The molecule has 1 aliphatic carbocycles. The lowest BCUT2D eigenvalue weighted by Gasteiger charge is -2.10. The van der Waals surface area contributed by atoms with E-state index < -0.39 is 6.09 Å². The first-order chi connectivity index (χ1) is 16.5. The molecule has 0 radical (unpaired) electrons. The van der Waals surface area contributed by atoms with E-state index >= 15 is 0 Å². The van der Waals surface area contributed by atoms with Gasteiger partial charge in [0.15, 0.2) is 11.5 Å². The maximum atomic E-state index is 13.3. The molecule has 172 valence electrons. The third kappa shape index (κ3) is 4.32. The van der Waals surface area contributed by atoms with Crippen molar-refractivity contribution in [3.05, 3.63) is 77.2 Å². The number of nitrogens with zero attached hydrogens (tertiary/aromatic N) is 4. The summed E-state index contributed by atoms with van der Waals surface area (Å²) in [6.45, 7) is 2.22. The van der Waals surface area contributed by atoms with Crippen molar-refractivity contribution >= 4 is 28.7 Å². The van der Waals surface area contributed by atoms with Crippen LogP contribution in [0.3, 0.4) is 0 Å². The molecule has 1 saturated carbocycles. The van der Waals surface area contributed by atoms with Crippen molar-refractivity contribution in [3.8, 4) is 5.82 Å². The summed E-state index contributed by atoms with van der Waals surface area (Å²) < 4.78 is 6.30. The van der Waals surface area contributed by atoms with E-state index in [0.29, 0.717) is 35.2 Å². The molecule has 1 aromatic carbocycles. The van der Waals surface area contributed by atoms with Crippen molar-refractivity contribution in [1.82, 2.24) is 25.1 Å². The minimum absolute atomic E-state index is 0.185. The highest BCUT2D eigenvalue weighted by Crippen LogP contribution is 2.40. The van der Waals surface area contributed by atoms with Gasteiger partial charge in [-0.25, -0.2) is 14.8 Å². The molecule has 0 unspecified atom stereocenters. The maximum Gasteiger partial charge on any atom is 0.411 e. The molecule has 4 aromatic rings. The number of ether oxygens (including phenoxy) is 1. The first-order valence-corrected chi connectivity index (χ1v) is 11.1. The zero-order valence-electron chi connectivity index (χ0n) is 18.9. The van der Waals surface area contributed by atoms with Gasteiger partial charge in [0.05, 0.1) is 23.8 Å². The van der Waals surface area contributed by atoms with Crippen molar-refractivity contribution in [3.63, 3.8) is 0 Å². The number of methoxy groups -OCH3 is 1. The molecule has 1 fully saturated rings. The molecule has 2 amide bonds. The monoisotopic (exact) mass is 456 g/mol. The van der Waals surface area contributed by atoms with Crippen LogP contribution in [0, 0.1) is 6.92 Å². The molecular weight excluding hydrogens is 432 g/mol. The van der Waals surface area contributed by atoms with Gasteiger partial charge in [-0.15, -0.1) is 0 Å². The molecule has 0 atom stereocenters. The number of fused-ring (bicyclic) bond motifs is 1. The largest absolute Gasteiger partial charge is 0.453 e. The Morgan fingerprint density at radius 2 is 1.94 bits per heavy atom. The van der Waals surface area contributed by atoms with Gasteiger partial charge < -0.3 is 10.1 Å². The number of hydrogen-bond acceptors (Lipinski definition) is 6. The summed E-state index contributed by atoms with van der Waals surface area (Å²) in [5.41, 5.74) is 4.35. The normalized spacial score (nSPS) is 13.0. The fraction of sp³-hybridized carbons (Fsp3) is 0.240. The quantitative estimate of drug-likeness (QED) is 0.452. The van der Waals surface area contributed by atoms with E-state index in [1.807, 2.05) is 43.3 Å². The van der Waals surface area contributed by atoms with E-state index in [1.165, 1.54) is 7.11 Å². The Kier molecular flexibility index (Phi) is 5.67. The lowest BCUT2D eigenvalue weighted by molar-refractivity contribution is 0.0952. The summed E-state index contributed by atoms with van der Waals surface area (Å²) in [5, 5.41) is 11.0. The predicted octanol–water partition coefficient (Wildman–Crippen LogP) is 4.11. The summed E-state index contributed by atoms with van der Waals surface area (Å²) in [7, 11) is 1.31. The van der Waals surface area contributed by atoms with Crippen LogP contribution in [-0.2, 0) is 11.3 Å². The predicted molar refractivity (Wildman–Crippen MR) is 127 cm³/mol. The number of carbonyl (C=O) groups is 2. The third-order valence-corrected chi connectivity index (χ3v) is 5.78. The summed E-state index contributed by atoms with van der Waals surface area (Å²) in [6.07, 6.45) is 3.32. The van der Waals surface area contributed by atoms with Crippen LogP contribution in [-0.4, -0.2) is 38.9 Å². The van der Waals surface area contributed by atoms with E-state index in [0.717, 1.165) is 35.2 Å². The van der Waals surface area contributed by atoms with Crippen LogP contribution in [0.2, 0.25) is 0 Å². The third-order valence-electron chi connectivity index (χ3n) is 5.78. The van der Waals surface area contributed by atoms with Gasteiger partial charge in [0.25, 0.3) is 5.91 Å². The number of aromatic nitrogens is 4. The standard InChI is InChI=1S/C25H24N6O3/c1-15-22-19(24(32)27-14-16-6-10-18(11-7-16)28-25(33)34-2)13-20(17-8-9-17)29-23(22)31(30-15)21-5-3-4-12-26-21/h3-7,10-13,17H,8-9,14H2,1-2H3,(H,27,32)(H,28,33). The van der Waals surface area contributed by atoms with Gasteiger partial charge in [0, 0.05) is 30.0 Å². The minimum atomic E-state index is -0.532. The van der Waals surface area contributed by atoms with E-state index in [-0.39, 0.29) is 5.91 Å². The Hall–Kier alpha value is -4.27. The molecule has 0 spiro atoms. The van der Waals surface area contributed by atoms with Crippen molar-refractivity contribution in [2.45, 2.75) is 32.2 Å². The second kappa shape index (κ2) is 8.93. The van der Waals surface area contributed by atoms with Crippen LogP contribution < -0.4 is 10.6 Å². The highest BCUT2D eigenvalue weighted by atomic mass is 16.5. The number of carbonyl (C=O) groups excluding carboxylic acids is 2.